The smallest absolute Gasteiger partial charge is 0.376 e. The van der Waals surface area contributed by atoms with Crippen molar-refractivity contribution in [3.8, 4) is 0 Å². The Morgan fingerprint density at radius 1 is 1.25 bits per heavy atom. The Bertz CT molecular complexity index is 518. The van der Waals surface area contributed by atoms with E-state index in [9.17, 15) is 24.3 Å². The van der Waals surface area contributed by atoms with Crippen molar-refractivity contribution < 1.29 is 33.9 Å². The van der Waals surface area contributed by atoms with E-state index >= 15 is 0 Å². The van der Waals surface area contributed by atoms with E-state index in [1.165, 1.54) is 13.8 Å². The summed E-state index contributed by atoms with van der Waals surface area (Å²) < 4.78 is -1.02. The summed E-state index contributed by atoms with van der Waals surface area (Å²) in [6.07, 6.45) is -1.43. The number of urea groups is 2. The van der Waals surface area contributed by atoms with Crippen LogP contribution in [0.2, 0.25) is 0 Å². The van der Waals surface area contributed by atoms with E-state index in [4.69, 9.17) is 5.11 Å². The van der Waals surface area contributed by atoms with Crippen molar-refractivity contribution in [3.63, 3.8) is 0 Å². The highest BCUT2D eigenvalue weighted by molar-refractivity contribution is 6.07. The summed E-state index contributed by atoms with van der Waals surface area (Å²) in [5.74, 6) is -1.56. The Morgan fingerprint density at radius 3 is 2.20 bits per heavy atom. The Hall–Kier alpha value is -2.04. The number of amides is 6. The monoisotopic (exact) mass is 287 g/mol. The molecule has 0 aliphatic carbocycles. The van der Waals surface area contributed by atoms with Gasteiger partial charge in [0.15, 0.2) is 12.3 Å². The number of quaternary nitrogens is 1. The number of hydrogen-bond donors (Lipinski definition) is 4. The molecule has 20 heavy (non-hydrogen) atoms. The number of rotatable bonds is 3. The second-order valence-electron chi connectivity index (χ2n) is 5.09. The molecular weight excluding hydrogens is 272 g/mol. The third-order valence-electron chi connectivity index (χ3n) is 3.90. The molecular formula is C10H15N4O6+. The Balaban J connectivity index is 2.59. The van der Waals surface area contributed by atoms with Crippen molar-refractivity contribution in [3.05, 3.63) is 0 Å². The Morgan fingerprint density at radius 2 is 1.85 bits per heavy atom. The first-order chi connectivity index (χ1) is 9.23. The van der Waals surface area contributed by atoms with E-state index in [0.29, 0.717) is 4.90 Å². The molecule has 0 spiro atoms. The van der Waals surface area contributed by atoms with Crippen molar-refractivity contribution in [2.75, 3.05) is 13.5 Å². The molecule has 0 aromatic rings. The van der Waals surface area contributed by atoms with E-state index in [1.54, 1.807) is 0 Å². The first-order valence-electron chi connectivity index (χ1n) is 5.81. The fourth-order valence-electron chi connectivity index (χ4n) is 2.64. The van der Waals surface area contributed by atoms with Crippen molar-refractivity contribution in [1.29, 1.82) is 0 Å². The Labute approximate surface area is 113 Å². The molecule has 0 bridgehead atoms. The molecule has 10 nitrogen and oxygen atoms in total. The van der Waals surface area contributed by atoms with Crippen LogP contribution in [0.4, 0.5) is 9.59 Å². The molecule has 4 N–H and O–H groups in total. The van der Waals surface area contributed by atoms with Crippen LogP contribution in [0.15, 0.2) is 0 Å². The van der Waals surface area contributed by atoms with Gasteiger partial charge in [0, 0.05) is 13.8 Å². The SMILES string of the molecule is CC1(C)C(=O)N(CO)C(=O)[N+]1(CO)C1NC(=O)NC1=O. The van der Waals surface area contributed by atoms with Crippen LogP contribution in [-0.4, -0.2) is 68.6 Å². The van der Waals surface area contributed by atoms with Gasteiger partial charge in [0.25, 0.3) is 12.1 Å². The molecule has 10 heteroatoms. The van der Waals surface area contributed by atoms with Crippen molar-refractivity contribution in [2.45, 2.75) is 25.6 Å². The van der Waals surface area contributed by atoms with E-state index < -0.39 is 53.5 Å². The molecule has 2 rings (SSSR count). The number of nitrogens with zero attached hydrogens (tertiary/aromatic N) is 2. The maximum absolute atomic E-state index is 12.4. The van der Waals surface area contributed by atoms with Crippen LogP contribution in [0.1, 0.15) is 13.8 Å². The summed E-state index contributed by atoms with van der Waals surface area (Å²) in [6.45, 7) is 0.962. The van der Waals surface area contributed by atoms with Gasteiger partial charge in [-0.2, -0.15) is 4.48 Å². The quantitative estimate of drug-likeness (QED) is 0.338. The van der Waals surface area contributed by atoms with Gasteiger partial charge in [-0.1, -0.05) is 0 Å². The van der Waals surface area contributed by atoms with Gasteiger partial charge in [-0.05, 0) is 0 Å². The maximum Gasteiger partial charge on any atom is 0.432 e. The number of nitrogens with one attached hydrogen (secondary N) is 2. The molecule has 2 heterocycles. The first-order valence-corrected chi connectivity index (χ1v) is 5.81. The molecule has 0 aromatic heterocycles. The third-order valence-corrected chi connectivity index (χ3v) is 3.90. The van der Waals surface area contributed by atoms with Gasteiger partial charge < -0.3 is 10.2 Å². The lowest BCUT2D eigenvalue weighted by atomic mass is 10.00. The van der Waals surface area contributed by atoms with Gasteiger partial charge in [-0.25, -0.2) is 14.5 Å². The summed E-state index contributed by atoms with van der Waals surface area (Å²) in [7, 11) is 0. The van der Waals surface area contributed by atoms with E-state index in [1.807, 2.05) is 5.32 Å². The summed E-state index contributed by atoms with van der Waals surface area (Å²) in [6, 6.07) is -1.77. The van der Waals surface area contributed by atoms with Crippen molar-refractivity contribution >= 4 is 23.9 Å². The molecule has 2 fully saturated rings. The molecule has 0 saturated carbocycles. The van der Waals surface area contributed by atoms with Gasteiger partial charge >= 0.3 is 18.0 Å². The van der Waals surface area contributed by atoms with E-state index in [0.717, 1.165) is 0 Å². The largest absolute Gasteiger partial charge is 0.432 e. The zero-order chi connectivity index (χ0) is 15.3. The zero-order valence-corrected chi connectivity index (χ0v) is 10.9. The lowest BCUT2D eigenvalue weighted by Crippen LogP contribution is -2.71. The number of carbonyl (C=O) groups is 4. The molecule has 6 amide bonds. The summed E-state index contributed by atoms with van der Waals surface area (Å²) >= 11 is 0. The minimum absolute atomic E-state index is 0.536. The predicted octanol–water partition coefficient (Wildman–Crippen LogP) is -2.39. The van der Waals surface area contributed by atoms with Crippen molar-refractivity contribution in [2.24, 2.45) is 0 Å². The molecule has 0 radical (unpaired) electrons. The average molecular weight is 287 g/mol. The van der Waals surface area contributed by atoms with Gasteiger partial charge in [0.05, 0.1) is 0 Å². The molecule has 110 valence electrons. The van der Waals surface area contributed by atoms with Crippen molar-refractivity contribution in [1.82, 2.24) is 15.5 Å². The fraction of sp³-hybridized carbons (Fsp3) is 0.600. The van der Waals surface area contributed by atoms with Gasteiger partial charge in [0.1, 0.15) is 6.73 Å². The molecule has 2 unspecified atom stereocenters. The molecule has 2 aliphatic heterocycles. The van der Waals surface area contributed by atoms with E-state index in [2.05, 4.69) is 5.32 Å². The molecule has 2 saturated heterocycles. The lowest BCUT2D eigenvalue weighted by Gasteiger charge is -2.40. The summed E-state index contributed by atoms with van der Waals surface area (Å²) in [5, 5.41) is 23.0. The normalized spacial score (nSPS) is 32.6. The van der Waals surface area contributed by atoms with Crippen LogP contribution < -0.4 is 10.6 Å². The number of hydrogen-bond acceptors (Lipinski definition) is 6. The zero-order valence-electron chi connectivity index (χ0n) is 10.9. The number of imide groups is 2. The summed E-state index contributed by atoms with van der Waals surface area (Å²) in [4.78, 5) is 48.1. The minimum Gasteiger partial charge on any atom is -0.376 e. The topological polar surface area (TPSA) is 136 Å². The standard InChI is InChI=1S/C10H14N4O6/c1-10(2)7(18)13(3-15)9(20)14(10,4-16)5-6(17)12-8(19)11-5/h5,15-16H,3-4H2,1-2H3,(H-,11,12,17,19)/p+1. The second kappa shape index (κ2) is 4.23. The number of carbonyl (C=O) groups excluding carboxylic acids is 4. The molecule has 0 aromatic carbocycles. The fourth-order valence-corrected chi connectivity index (χ4v) is 2.64. The Kier molecular flexibility index (Phi) is 3.04. The minimum atomic E-state index is -1.52. The van der Waals surface area contributed by atoms with Crippen LogP contribution in [-0.2, 0) is 9.59 Å². The predicted molar refractivity (Wildman–Crippen MR) is 61.2 cm³/mol. The van der Waals surface area contributed by atoms with Crippen LogP contribution in [0.5, 0.6) is 0 Å². The summed E-state index contributed by atoms with van der Waals surface area (Å²) in [5.41, 5.74) is -1.52. The lowest BCUT2D eigenvalue weighted by molar-refractivity contribution is -0.917. The highest BCUT2D eigenvalue weighted by atomic mass is 16.3. The highest BCUT2D eigenvalue weighted by Gasteiger charge is 2.71. The second-order valence-corrected chi connectivity index (χ2v) is 5.09. The van der Waals surface area contributed by atoms with Crippen LogP contribution in [0.25, 0.3) is 0 Å². The van der Waals surface area contributed by atoms with Gasteiger partial charge in [-0.15, -0.1) is 0 Å². The third kappa shape index (κ3) is 1.43. The van der Waals surface area contributed by atoms with Gasteiger partial charge in [0.2, 0.25) is 0 Å². The first kappa shape index (κ1) is 14.4. The van der Waals surface area contributed by atoms with Crippen LogP contribution in [0.3, 0.4) is 0 Å². The van der Waals surface area contributed by atoms with Gasteiger partial charge in [-0.3, -0.25) is 20.2 Å². The molecule has 2 aliphatic rings. The highest BCUT2D eigenvalue weighted by Crippen LogP contribution is 2.38. The van der Waals surface area contributed by atoms with Crippen LogP contribution in [0, 0.1) is 0 Å². The number of aliphatic hydroxyl groups is 2. The average Bonchev–Trinajstić information content (AvgIpc) is 2.76. The molecule has 2 atom stereocenters. The maximum atomic E-state index is 12.4. The van der Waals surface area contributed by atoms with Crippen LogP contribution >= 0.6 is 0 Å². The van der Waals surface area contributed by atoms with E-state index in [-0.39, 0.29) is 0 Å². The number of aliphatic hydroxyl groups excluding tert-OH is 2.